The minimum absolute atomic E-state index is 0.234. The van der Waals surface area contributed by atoms with E-state index >= 15 is 0 Å². The number of hydrogen-bond donors (Lipinski definition) is 4. The average Bonchev–Trinajstić information content (AvgIpc) is 3.20. The molecule has 7 nitrogen and oxygen atoms in total. The van der Waals surface area contributed by atoms with Crippen LogP contribution in [0, 0.1) is 10.8 Å². The van der Waals surface area contributed by atoms with E-state index in [1.807, 2.05) is 18.2 Å². The molecule has 3 rings (SSSR count). The fraction of sp³-hybridized carbons (Fsp3) is 0.346. The zero-order valence-corrected chi connectivity index (χ0v) is 20.0. The summed E-state index contributed by atoms with van der Waals surface area (Å²) >= 11 is 0. The largest absolute Gasteiger partial charge is 0.398 e. The number of benzene rings is 2. The molecule has 1 atom stereocenters. The quantitative estimate of drug-likeness (QED) is 0.265. The maximum Gasteiger partial charge on any atom is 0.0868 e. The number of aromatic nitrogens is 1. The van der Waals surface area contributed by atoms with Gasteiger partial charge in [0.2, 0.25) is 0 Å². The van der Waals surface area contributed by atoms with Gasteiger partial charge in [0.05, 0.1) is 17.3 Å². The predicted octanol–water partition coefficient (Wildman–Crippen LogP) is 3.98. The van der Waals surface area contributed by atoms with Crippen LogP contribution in [0.1, 0.15) is 34.7 Å². The van der Waals surface area contributed by atoms with Gasteiger partial charge in [-0.3, -0.25) is 10.4 Å². The van der Waals surface area contributed by atoms with Gasteiger partial charge in [0, 0.05) is 48.2 Å². The van der Waals surface area contributed by atoms with Crippen molar-refractivity contribution in [1.82, 2.24) is 14.8 Å². The van der Waals surface area contributed by atoms with Crippen LogP contribution in [-0.2, 0) is 6.54 Å². The van der Waals surface area contributed by atoms with Crippen molar-refractivity contribution in [2.75, 3.05) is 47.0 Å². The lowest BCUT2D eigenvalue weighted by Gasteiger charge is -2.18. The van der Waals surface area contributed by atoms with Crippen molar-refractivity contribution in [2.45, 2.75) is 18.9 Å². The minimum Gasteiger partial charge on any atom is -0.398 e. The molecule has 0 saturated carbocycles. The summed E-state index contributed by atoms with van der Waals surface area (Å²) in [5.74, 6) is -0.234. The zero-order valence-electron chi connectivity index (χ0n) is 20.0. The Labute approximate surface area is 196 Å². The van der Waals surface area contributed by atoms with Crippen LogP contribution < -0.4 is 5.73 Å². The first-order valence-corrected chi connectivity index (χ1v) is 11.2. The second-order valence-electron chi connectivity index (χ2n) is 8.82. The summed E-state index contributed by atoms with van der Waals surface area (Å²) in [5, 5.41) is 17.6. The molecule has 1 aromatic heterocycles. The molecule has 0 radical (unpaired) electrons. The maximum atomic E-state index is 8.80. The van der Waals surface area contributed by atoms with Crippen LogP contribution in [0.25, 0.3) is 10.9 Å². The molecular weight excluding hydrogens is 410 g/mol. The molecule has 0 spiro atoms. The van der Waals surface area contributed by atoms with Gasteiger partial charge < -0.3 is 25.9 Å². The highest BCUT2D eigenvalue weighted by Gasteiger charge is 2.15. The highest BCUT2D eigenvalue weighted by molar-refractivity contribution is 6.14. The van der Waals surface area contributed by atoms with Crippen LogP contribution in [0.15, 0.2) is 47.5 Å². The second-order valence-corrected chi connectivity index (χ2v) is 8.82. The van der Waals surface area contributed by atoms with Crippen LogP contribution in [0.4, 0.5) is 5.69 Å². The molecule has 7 heteroatoms. The number of nitrogens with two attached hydrogens (primary N) is 1. The van der Waals surface area contributed by atoms with Gasteiger partial charge in [0.1, 0.15) is 0 Å². The van der Waals surface area contributed by atoms with E-state index < -0.39 is 0 Å². The van der Waals surface area contributed by atoms with Crippen molar-refractivity contribution in [2.24, 2.45) is 4.99 Å². The van der Waals surface area contributed by atoms with Gasteiger partial charge in [-0.2, -0.15) is 0 Å². The summed E-state index contributed by atoms with van der Waals surface area (Å²) in [5.41, 5.74) is 11.6. The van der Waals surface area contributed by atoms with E-state index in [2.05, 4.69) is 59.1 Å². The van der Waals surface area contributed by atoms with Crippen molar-refractivity contribution in [1.29, 1.82) is 10.8 Å². The molecule has 0 saturated heterocycles. The molecule has 0 aliphatic heterocycles. The summed E-state index contributed by atoms with van der Waals surface area (Å²) in [6.45, 7) is 3.03. The lowest BCUT2D eigenvalue weighted by atomic mass is 9.95. The fourth-order valence-corrected chi connectivity index (χ4v) is 3.99. The summed E-state index contributed by atoms with van der Waals surface area (Å²) < 4.78 is 0. The van der Waals surface area contributed by atoms with Gasteiger partial charge in [0.25, 0.3) is 0 Å². The number of rotatable bonds is 11. The number of nitrogen functional groups attached to an aromatic ring is 1. The number of H-pyrrole nitrogens is 1. The maximum absolute atomic E-state index is 8.80. The molecular formula is C26H35N7. The van der Waals surface area contributed by atoms with Crippen LogP contribution in [0.5, 0.6) is 0 Å². The molecule has 2 aromatic carbocycles. The Bertz CT molecular complexity index is 1140. The third kappa shape index (κ3) is 6.15. The van der Waals surface area contributed by atoms with Gasteiger partial charge in [0.15, 0.2) is 0 Å². The van der Waals surface area contributed by atoms with Crippen molar-refractivity contribution < 1.29 is 0 Å². The molecule has 0 aliphatic carbocycles. The number of hydrogen-bond acceptors (Lipinski definition) is 6. The second kappa shape index (κ2) is 11.0. The highest BCUT2D eigenvalue weighted by atomic mass is 15.1. The van der Waals surface area contributed by atoms with Crippen LogP contribution >= 0.6 is 0 Å². The van der Waals surface area contributed by atoms with Gasteiger partial charge in [-0.05, 0) is 82.1 Å². The standard InChI is InChI=1S/C26H35N7/c1-30-16-21(15-27)19-7-8-23(28)22(13-19)26(29)25-14-20-12-18(6-9-24(20)31-25)17-33(4)11-5-10-32(2)3/h6-9,12-16,21,27,29,31H,5,10-11,17,28H2,1-4H3. The van der Waals surface area contributed by atoms with Crippen molar-refractivity contribution in [3.63, 3.8) is 0 Å². The topological polar surface area (TPSA) is 108 Å². The first-order valence-electron chi connectivity index (χ1n) is 11.2. The summed E-state index contributed by atoms with van der Waals surface area (Å²) in [6.07, 6.45) is 4.20. The molecule has 5 N–H and O–H groups in total. The average molecular weight is 446 g/mol. The van der Waals surface area contributed by atoms with Crippen molar-refractivity contribution >= 4 is 34.7 Å². The SMILES string of the molecule is CN=CC(C=N)c1ccc(N)c(C(=N)c2cc3cc(CN(C)CCCN(C)C)ccc3[nH]2)c1. The van der Waals surface area contributed by atoms with E-state index in [1.165, 1.54) is 11.8 Å². The third-order valence-electron chi connectivity index (χ3n) is 5.77. The van der Waals surface area contributed by atoms with Crippen molar-refractivity contribution in [3.05, 3.63) is 64.8 Å². The Morgan fingerprint density at radius 2 is 1.91 bits per heavy atom. The van der Waals surface area contributed by atoms with Crippen LogP contribution in [0.3, 0.4) is 0 Å². The number of fused-ring (bicyclic) bond motifs is 1. The summed E-state index contributed by atoms with van der Waals surface area (Å²) in [7, 11) is 8.05. The molecule has 1 heterocycles. The van der Waals surface area contributed by atoms with Crippen LogP contribution in [0.2, 0.25) is 0 Å². The van der Waals surface area contributed by atoms with E-state index in [4.69, 9.17) is 16.6 Å². The zero-order chi connectivity index (χ0) is 24.0. The molecule has 174 valence electrons. The number of nitrogens with one attached hydrogen (secondary N) is 3. The lowest BCUT2D eigenvalue weighted by Crippen LogP contribution is -2.23. The smallest absolute Gasteiger partial charge is 0.0868 e. The van der Waals surface area contributed by atoms with Crippen molar-refractivity contribution in [3.8, 4) is 0 Å². The van der Waals surface area contributed by atoms with E-state index in [9.17, 15) is 0 Å². The lowest BCUT2D eigenvalue weighted by molar-refractivity contribution is 0.294. The Morgan fingerprint density at radius 1 is 1.12 bits per heavy atom. The number of nitrogens with zero attached hydrogens (tertiary/aromatic N) is 3. The monoisotopic (exact) mass is 445 g/mol. The molecule has 3 aromatic rings. The van der Waals surface area contributed by atoms with E-state index in [1.54, 1.807) is 19.3 Å². The molecule has 33 heavy (non-hydrogen) atoms. The Balaban J connectivity index is 1.80. The van der Waals surface area contributed by atoms with E-state index in [0.29, 0.717) is 17.0 Å². The number of aliphatic imine (C=N–C) groups is 1. The molecule has 0 amide bonds. The number of aromatic amines is 1. The third-order valence-corrected chi connectivity index (χ3v) is 5.77. The fourth-order valence-electron chi connectivity index (χ4n) is 3.99. The first-order chi connectivity index (χ1) is 15.8. The Kier molecular flexibility index (Phi) is 8.14. The predicted molar refractivity (Wildman–Crippen MR) is 141 cm³/mol. The van der Waals surface area contributed by atoms with E-state index in [0.717, 1.165) is 48.2 Å². The number of anilines is 1. The minimum atomic E-state index is -0.234. The molecule has 1 unspecified atom stereocenters. The molecule has 0 aliphatic rings. The first kappa shape index (κ1) is 24.4. The van der Waals surface area contributed by atoms with E-state index in [-0.39, 0.29) is 5.92 Å². The van der Waals surface area contributed by atoms with Gasteiger partial charge in [-0.1, -0.05) is 12.1 Å². The normalized spacial score (nSPS) is 12.8. The van der Waals surface area contributed by atoms with Gasteiger partial charge in [-0.25, -0.2) is 0 Å². The summed E-state index contributed by atoms with van der Waals surface area (Å²) in [6, 6.07) is 14.0. The molecule has 0 fully saturated rings. The Morgan fingerprint density at radius 3 is 2.61 bits per heavy atom. The van der Waals surface area contributed by atoms with Crippen LogP contribution in [-0.4, -0.2) is 74.2 Å². The van der Waals surface area contributed by atoms with Gasteiger partial charge in [-0.15, -0.1) is 0 Å². The van der Waals surface area contributed by atoms with Gasteiger partial charge >= 0.3 is 0 Å². The summed E-state index contributed by atoms with van der Waals surface area (Å²) in [4.78, 5) is 12.0. The molecule has 0 bridgehead atoms. The Hall–Kier alpha value is -3.29. The highest BCUT2D eigenvalue weighted by Crippen LogP contribution is 2.25.